The smallest absolute Gasteiger partial charge is 0.352 e. The van der Waals surface area contributed by atoms with Crippen LogP contribution in [0.15, 0.2) is 6.07 Å². The molecule has 1 aromatic rings. The molecular formula is C11H17N3O2. The van der Waals surface area contributed by atoms with Gasteiger partial charge in [-0.05, 0) is 18.6 Å². The summed E-state index contributed by atoms with van der Waals surface area (Å²) in [7, 11) is 0. The minimum atomic E-state index is -0.894. The number of rotatable bonds is 3. The molecule has 0 unspecified atom stereocenters. The Labute approximate surface area is 94.5 Å². The van der Waals surface area contributed by atoms with Crippen molar-refractivity contribution in [3.8, 4) is 0 Å². The number of carboxylic acids is 1. The van der Waals surface area contributed by atoms with E-state index in [0.717, 1.165) is 44.0 Å². The van der Waals surface area contributed by atoms with Crippen molar-refractivity contribution in [3.63, 3.8) is 0 Å². The lowest BCUT2D eigenvalue weighted by molar-refractivity contribution is 0.0691. The van der Waals surface area contributed by atoms with Gasteiger partial charge in [-0.1, -0.05) is 0 Å². The first kappa shape index (κ1) is 11.2. The normalized spacial score (nSPS) is 17.6. The Morgan fingerprint density at radius 3 is 2.75 bits per heavy atom. The summed E-state index contributed by atoms with van der Waals surface area (Å²) >= 11 is 0. The monoisotopic (exact) mass is 223 g/mol. The van der Waals surface area contributed by atoms with Gasteiger partial charge in [-0.15, -0.1) is 0 Å². The van der Waals surface area contributed by atoms with Crippen LogP contribution in [0.4, 0.5) is 0 Å². The summed E-state index contributed by atoms with van der Waals surface area (Å²) in [6.07, 6.45) is 0. The first-order chi connectivity index (χ1) is 7.66. The Balaban J connectivity index is 2.05. The maximum absolute atomic E-state index is 10.8. The zero-order valence-electron chi connectivity index (χ0n) is 9.42. The third-order valence-corrected chi connectivity index (χ3v) is 2.94. The number of aryl methyl sites for hydroxylation is 1. The topological polar surface area (TPSA) is 68.4 Å². The molecular weight excluding hydrogens is 206 g/mol. The van der Waals surface area contributed by atoms with Gasteiger partial charge in [0.25, 0.3) is 0 Å². The zero-order chi connectivity index (χ0) is 11.5. The summed E-state index contributed by atoms with van der Waals surface area (Å²) in [5.41, 5.74) is 2.32. The number of piperazine rings is 1. The summed E-state index contributed by atoms with van der Waals surface area (Å²) < 4.78 is 0. The summed E-state index contributed by atoms with van der Waals surface area (Å²) in [5, 5.41) is 12.2. The number of hydrogen-bond donors (Lipinski definition) is 3. The van der Waals surface area contributed by atoms with E-state index in [0.29, 0.717) is 0 Å². The quantitative estimate of drug-likeness (QED) is 0.695. The molecule has 0 saturated carbocycles. The minimum absolute atomic E-state index is 0.280. The van der Waals surface area contributed by atoms with Crippen molar-refractivity contribution in [2.75, 3.05) is 26.2 Å². The van der Waals surface area contributed by atoms with Crippen LogP contribution < -0.4 is 5.32 Å². The van der Waals surface area contributed by atoms with E-state index in [-0.39, 0.29) is 5.69 Å². The summed E-state index contributed by atoms with van der Waals surface area (Å²) in [6, 6.07) is 1.69. The van der Waals surface area contributed by atoms with Crippen molar-refractivity contribution in [3.05, 3.63) is 23.0 Å². The maximum atomic E-state index is 10.8. The highest BCUT2D eigenvalue weighted by Crippen LogP contribution is 2.12. The molecule has 16 heavy (non-hydrogen) atoms. The van der Waals surface area contributed by atoms with Gasteiger partial charge in [0.15, 0.2) is 0 Å². The predicted molar refractivity (Wildman–Crippen MR) is 60.6 cm³/mol. The minimum Gasteiger partial charge on any atom is -0.477 e. The van der Waals surface area contributed by atoms with E-state index in [1.54, 1.807) is 6.07 Å². The SMILES string of the molecule is Cc1cc(C(=O)O)[nH]c1CN1CCNCC1. The second-order valence-corrected chi connectivity index (χ2v) is 4.18. The van der Waals surface area contributed by atoms with Gasteiger partial charge in [0.05, 0.1) is 0 Å². The molecule has 1 aromatic heterocycles. The third-order valence-electron chi connectivity index (χ3n) is 2.94. The zero-order valence-corrected chi connectivity index (χ0v) is 9.42. The van der Waals surface area contributed by atoms with Gasteiger partial charge in [-0.3, -0.25) is 4.90 Å². The third kappa shape index (κ3) is 2.43. The molecule has 1 aliphatic rings. The van der Waals surface area contributed by atoms with Gasteiger partial charge in [-0.2, -0.15) is 0 Å². The molecule has 5 nitrogen and oxygen atoms in total. The van der Waals surface area contributed by atoms with Gasteiger partial charge >= 0.3 is 5.97 Å². The Bertz CT molecular complexity index is 381. The van der Waals surface area contributed by atoms with Crippen LogP contribution in [0.1, 0.15) is 21.7 Å². The van der Waals surface area contributed by atoms with E-state index in [2.05, 4.69) is 15.2 Å². The van der Waals surface area contributed by atoms with Crippen LogP contribution in [-0.4, -0.2) is 47.1 Å². The lowest BCUT2D eigenvalue weighted by atomic mass is 10.2. The number of nitrogens with one attached hydrogen (secondary N) is 2. The molecule has 2 rings (SSSR count). The van der Waals surface area contributed by atoms with Crippen LogP contribution in [0.3, 0.4) is 0 Å². The summed E-state index contributed by atoms with van der Waals surface area (Å²) in [6.45, 7) is 6.79. The summed E-state index contributed by atoms with van der Waals surface area (Å²) in [5.74, 6) is -0.894. The van der Waals surface area contributed by atoms with Crippen molar-refractivity contribution in [1.82, 2.24) is 15.2 Å². The van der Waals surface area contributed by atoms with Gasteiger partial charge in [0.1, 0.15) is 5.69 Å². The van der Waals surface area contributed by atoms with Gasteiger partial charge in [-0.25, -0.2) is 4.79 Å². The van der Waals surface area contributed by atoms with Crippen LogP contribution >= 0.6 is 0 Å². The standard InChI is InChI=1S/C11H17N3O2/c1-8-6-9(11(15)16)13-10(8)7-14-4-2-12-3-5-14/h6,12-13H,2-5,7H2,1H3,(H,15,16). The fraction of sp³-hybridized carbons (Fsp3) is 0.545. The molecule has 0 amide bonds. The number of aromatic carboxylic acids is 1. The van der Waals surface area contributed by atoms with Crippen molar-refractivity contribution in [2.45, 2.75) is 13.5 Å². The molecule has 3 N–H and O–H groups in total. The Morgan fingerprint density at radius 2 is 2.19 bits per heavy atom. The number of aromatic nitrogens is 1. The van der Waals surface area contributed by atoms with Crippen molar-refractivity contribution in [2.24, 2.45) is 0 Å². The van der Waals surface area contributed by atoms with E-state index < -0.39 is 5.97 Å². The average molecular weight is 223 g/mol. The molecule has 0 atom stereocenters. The van der Waals surface area contributed by atoms with Gasteiger partial charge in [0.2, 0.25) is 0 Å². The Kier molecular flexibility index (Phi) is 3.26. The molecule has 2 heterocycles. The molecule has 0 radical (unpaired) electrons. The number of carbonyl (C=O) groups is 1. The molecule has 1 fully saturated rings. The van der Waals surface area contributed by atoms with E-state index in [1.165, 1.54) is 0 Å². The second-order valence-electron chi connectivity index (χ2n) is 4.18. The number of hydrogen-bond acceptors (Lipinski definition) is 3. The van der Waals surface area contributed by atoms with E-state index in [9.17, 15) is 4.79 Å². The number of nitrogens with zero attached hydrogens (tertiary/aromatic N) is 1. The Hall–Kier alpha value is -1.33. The second kappa shape index (κ2) is 4.67. The lowest BCUT2D eigenvalue weighted by Gasteiger charge is -2.26. The molecule has 5 heteroatoms. The van der Waals surface area contributed by atoms with Gasteiger partial charge < -0.3 is 15.4 Å². The Morgan fingerprint density at radius 1 is 1.50 bits per heavy atom. The molecule has 0 aromatic carbocycles. The van der Waals surface area contributed by atoms with Crippen LogP contribution in [0.25, 0.3) is 0 Å². The van der Waals surface area contributed by atoms with Crippen LogP contribution in [0.5, 0.6) is 0 Å². The van der Waals surface area contributed by atoms with Crippen molar-refractivity contribution in [1.29, 1.82) is 0 Å². The molecule has 1 saturated heterocycles. The molecule has 0 spiro atoms. The highest BCUT2D eigenvalue weighted by molar-refractivity contribution is 5.85. The fourth-order valence-electron chi connectivity index (χ4n) is 1.97. The maximum Gasteiger partial charge on any atom is 0.352 e. The van der Waals surface area contributed by atoms with Crippen LogP contribution in [0.2, 0.25) is 0 Å². The number of carboxylic acid groups (broad SMARTS) is 1. The predicted octanol–water partition coefficient (Wildman–Crippen LogP) is 0.427. The van der Waals surface area contributed by atoms with E-state index in [4.69, 9.17) is 5.11 Å². The highest BCUT2D eigenvalue weighted by atomic mass is 16.4. The largest absolute Gasteiger partial charge is 0.477 e. The summed E-state index contributed by atoms with van der Waals surface area (Å²) in [4.78, 5) is 16.1. The average Bonchev–Trinajstić information content (AvgIpc) is 2.62. The van der Waals surface area contributed by atoms with E-state index in [1.807, 2.05) is 6.92 Å². The molecule has 0 bridgehead atoms. The highest BCUT2D eigenvalue weighted by Gasteiger charge is 2.14. The van der Waals surface area contributed by atoms with Crippen molar-refractivity contribution >= 4 is 5.97 Å². The van der Waals surface area contributed by atoms with Gasteiger partial charge in [0, 0.05) is 38.4 Å². The molecule has 0 aliphatic carbocycles. The van der Waals surface area contributed by atoms with Crippen LogP contribution in [-0.2, 0) is 6.54 Å². The first-order valence-corrected chi connectivity index (χ1v) is 5.51. The first-order valence-electron chi connectivity index (χ1n) is 5.51. The lowest BCUT2D eigenvalue weighted by Crippen LogP contribution is -2.43. The van der Waals surface area contributed by atoms with Crippen molar-refractivity contribution < 1.29 is 9.90 Å². The number of aromatic amines is 1. The van der Waals surface area contributed by atoms with Crippen LogP contribution in [0, 0.1) is 6.92 Å². The molecule has 1 aliphatic heterocycles. The number of H-pyrrole nitrogens is 1. The fourth-order valence-corrected chi connectivity index (χ4v) is 1.97. The van der Waals surface area contributed by atoms with E-state index >= 15 is 0 Å². The molecule has 88 valence electrons.